The lowest BCUT2D eigenvalue weighted by atomic mass is 10.1. The van der Waals surface area contributed by atoms with E-state index in [4.69, 9.17) is 4.74 Å². The summed E-state index contributed by atoms with van der Waals surface area (Å²) in [4.78, 5) is 12.2. The first-order chi connectivity index (χ1) is 11.1. The molecule has 0 aliphatic heterocycles. The fourth-order valence-electron chi connectivity index (χ4n) is 2.57. The van der Waals surface area contributed by atoms with Crippen LogP contribution in [-0.2, 0) is 6.42 Å². The number of hydrogen-bond acceptors (Lipinski definition) is 2. The highest BCUT2D eigenvalue weighted by Crippen LogP contribution is 2.19. The minimum atomic E-state index is -0.0274. The highest BCUT2D eigenvalue weighted by Gasteiger charge is 2.07. The topological polar surface area (TPSA) is 38.3 Å². The maximum Gasteiger partial charge on any atom is 0.251 e. The zero-order valence-corrected chi connectivity index (χ0v) is 14.2. The first kappa shape index (κ1) is 17.1. The van der Waals surface area contributed by atoms with E-state index in [1.54, 1.807) is 0 Å². The third-order valence-corrected chi connectivity index (χ3v) is 3.75. The molecular formula is C20H25NO2. The summed E-state index contributed by atoms with van der Waals surface area (Å²) >= 11 is 0. The molecule has 1 N–H and O–H groups in total. The number of aryl methyl sites for hydroxylation is 3. The van der Waals surface area contributed by atoms with Gasteiger partial charge in [-0.2, -0.15) is 0 Å². The van der Waals surface area contributed by atoms with Crippen molar-refractivity contribution < 1.29 is 9.53 Å². The second-order valence-corrected chi connectivity index (χ2v) is 5.76. The first-order valence-electron chi connectivity index (χ1n) is 8.17. The number of ether oxygens (including phenoxy) is 1. The summed E-state index contributed by atoms with van der Waals surface area (Å²) in [6.45, 7) is 7.32. The van der Waals surface area contributed by atoms with E-state index in [1.165, 1.54) is 11.1 Å². The van der Waals surface area contributed by atoms with Crippen molar-refractivity contribution >= 4 is 5.91 Å². The van der Waals surface area contributed by atoms with Gasteiger partial charge in [-0.1, -0.05) is 29.8 Å². The Bertz CT molecular complexity index is 664. The molecule has 0 bridgehead atoms. The van der Waals surface area contributed by atoms with Crippen LogP contribution in [0.3, 0.4) is 0 Å². The van der Waals surface area contributed by atoms with Crippen molar-refractivity contribution in [3.05, 3.63) is 64.7 Å². The number of carbonyl (C=O) groups excluding carboxylic acids is 1. The molecule has 0 spiro atoms. The summed E-state index contributed by atoms with van der Waals surface area (Å²) in [6.07, 6.45) is 1.91. The molecule has 0 saturated heterocycles. The van der Waals surface area contributed by atoms with E-state index in [9.17, 15) is 4.79 Å². The maximum absolute atomic E-state index is 12.2. The second-order valence-electron chi connectivity index (χ2n) is 5.76. The van der Waals surface area contributed by atoms with E-state index in [1.807, 2.05) is 32.0 Å². The van der Waals surface area contributed by atoms with Crippen molar-refractivity contribution in [2.75, 3.05) is 13.2 Å². The Morgan fingerprint density at radius 2 is 1.96 bits per heavy atom. The van der Waals surface area contributed by atoms with Gasteiger partial charge in [0.05, 0.1) is 6.61 Å². The average Bonchev–Trinajstić information content (AvgIpc) is 2.53. The Labute approximate surface area is 138 Å². The molecule has 122 valence electrons. The molecule has 2 aromatic carbocycles. The molecule has 0 radical (unpaired) electrons. The molecule has 0 heterocycles. The summed E-state index contributed by atoms with van der Waals surface area (Å²) in [5, 5.41) is 2.98. The molecule has 0 saturated carbocycles. The fraction of sp³-hybridized carbons (Fsp3) is 0.350. The highest BCUT2D eigenvalue weighted by atomic mass is 16.5. The van der Waals surface area contributed by atoms with E-state index >= 15 is 0 Å². The third-order valence-electron chi connectivity index (χ3n) is 3.75. The summed E-state index contributed by atoms with van der Waals surface area (Å²) in [5.41, 5.74) is 4.26. The smallest absolute Gasteiger partial charge is 0.251 e. The summed E-state index contributed by atoms with van der Waals surface area (Å²) < 4.78 is 5.50. The van der Waals surface area contributed by atoms with Gasteiger partial charge in [0.25, 0.3) is 5.91 Å². The molecule has 2 rings (SSSR count). The van der Waals surface area contributed by atoms with E-state index < -0.39 is 0 Å². The molecule has 2 aromatic rings. The van der Waals surface area contributed by atoms with E-state index in [2.05, 4.69) is 36.5 Å². The molecule has 0 aromatic heterocycles. The number of nitrogens with one attached hydrogen (secondary N) is 1. The van der Waals surface area contributed by atoms with E-state index in [0.29, 0.717) is 18.7 Å². The third kappa shape index (κ3) is 5.13. The minimum Gasteiger partial charge on any atom is -0.494 e. The molecule has 0 aliphatic rings. The zero-order chi connectivity index (χ0) is 16.7. The number of amides is 1. The predicted molar refractivity (Wildman–Crippen MR) is 94.2 cm³/mol. The molecular weight excluding hydrogens is 286 g/mol. The molecule has 0 aliphatic carbocycles. The van der Waals surface area contributed by atoms with Gasteiger partial charge in [0.15, 0.2) is 0 Å². The van der Waals surface area contributed by atoms with Crippen LogP contribution >= 0.6 is 0 Å². The number of hydrogen-bond donors (Lipinski definition) is 1. The van der Waals surface area contributed by atoms with Gasteiger partial charge in [0, 0.05) is 12.1 Å². The quantitative estimate of drug-likeness (QED) is 0.783. The minimum absolute atomic E-state index is 0.0274. The average molecular weight is 311 g/mol. The monoisotopic (exact) mass is 311 g/mol. The molecule has 3 heteroatoms. The second kappa shape index (κ2) is 8.37. The predicted octanol–water partition coefficient (Wildman–Crippen LogP) is 4.06. The Kier molecular flexibility index (Phi) is 6.21. The maximum atomic E-state index is 12.2. The molecule has 0 fully saturated rings. The van der Waals surface area contributed by atoms with Crippen molar-refractivity contribution in [1.82, 2.24) is 5.32 Å². The largest absolute Gasteiger partial charge is 0.494 e. The zero-order valence-electron chi connectivity index (χ0n) is 14.2. The van der Waals surface area contributed by atoms with Crippen molar-refractivity contribution in [3.63, 3.8) is 0 Å². The first-order valence-corrected chi connectivity index (χ1v) is 8.17. The lowest BCUT2D eigenvalue weighted by Crippen LogP contribution is -2.24. The van der Waals surface area contributed by atoms with Crippen LogP contribution in [0.1, 0.15) is 40.4 Å². The van der Waals surface area contributed by atoms with Crippen LogP contribution in [0.25, 0.3) is 0 Å². The molecule has 0 atom stereocenters. The van der Waals surface area contributed by atoms with Crippen LogP contribution in [0.2, 0.25) is 0 Å². The lowest BCUT2D eigenvalue weighted by Gasteiger charge is -2.10. The summed E-state index contributed by atoms with van der Waals surface area (Å²) in [5.74, 6) is 0.809. The Morgan fingerprint density at radius 3 is 2.65 bits per heavy atom. The van der Waals surface area contributed by atoms with Crippen molar-refractivity contribution in [2.45, 2.75) is 33.6 Å². The molecule has 3 nitrogen and oxygen atoms in total. The number of benzene rings is 2. The summed E-state index contributed by atoms with van der Waals surface area (Å²) in [6, 6.07) is 14.0. The van der Waals surface area contributed by atoms with Gasteiger partial charge < -0.3 is 10.1 Å². The normalized spacial score (nSPS) is 10.4. The van der Waals surface area contributed by atoms with Crippen molar-refractivity contribution in [2.24, 2.45) is 0 Å². The van der Waals surface area contributed by atoms with Gasteiger partial charge in [-0.15, -0.1) is 0 Å². The van der Waals surface area contributed by atoms with Crippen LogP contribution in [0.4, 0.5) is 0 Å². The standard InChI is InChI=1S/C20H25NO2/c1-4-23-19-11-10-18(14-16(19)3)20(22)21-12-6-9-17-8-5-7-15(2)13-17/h5,7-8,10-11,13-14H,4,6,9,12H2,1-3H3,(H,21,22). The van der Waals surface area contributed by atoms with Gasteiger partial charge in [-0.25, -0.2) is 0 Å². The van der Waals surface area contributed by atoms with Gasteiger partial charge in [-0.3, -0.25) is 4.79 Å². The van der Waals surface area contributed by atoms with Crippen molar-refractivity contribution in [1.29, 1.82) is 0 Å². The van der Waals surface area contributed by atoms with Crippen molar-refractivity contribution in [3.8, 4) is 5.75 Å². The SMILES string of the molecule is CCOc1ccc(C(=O)NCCCc2cccc(C)c2)cc1C. The number of rotatable bonds is 7. The molecule has 0 unspecified atom stereocenters. The van der Waals surface area contributed by atoms with Gasteiger partial charge in [-0.05, 0) is 62.9 Å². The van der Waals surface area contributed by atoms with Crippen LogP contribution < -0.4 is 10.1 Å². The Balaban J connectivity index is 1.81. The Morgan fingerprint density at radius 1 is 1.13 bits per heavy atom. The van der Waals surface area contributed by atoms with Gasteiger partial charge >= 0.3 is 0 Å². The Hall–Kier alpha value is -2.29. The van der Waals surface area contributed by atoms with E-state index in [0.717, 1.165) is 24.2 Å². The van der Waals surface area contributed by atoms with Gasteiger partial charge in [0.2, 0.25) is 0 Å². The molecule has 23 heavy (non-hydrogen) atoms. The van der Waals surface area contributed by atoms with Gasteiger partial charge in [0.1, 0.15) is 5.75 Å². The van der Waals surface area contributed by atoms with E-state index in [-0.39, 0.29) is 5.91 Å². The number of carbonyl (C=O) groups is 1. The van der Waals surface area contributed by atoms with Crippen LogP contribution in [0, 0.1) is 13.8 Å². The highest BCUT2D eigenvalue weighted by molar-refractivity contribution is 5.94. The molecule has 1 amide bonds. The summed E-state index contributed by atoms with van der Waals surface area (Å²) in [7, 11) is 0. The van der Waals surface area contributed by atoms with Crippen LogP contribution in [0.5, 0.6) is 5.75 Å². The van der Waals surface area contributed by atoms with Crippen LogP contribution in [-0.4, -0.2) is 19.1 Å². The van der Waals surface area contributed by atoms with Crippen LogP contribution in [0.15, 0.2) is 42.5 Å². The lowest BCUT2D eigenvalue weighted by molar-refractivity contribution is 0.0953. The fourth-order valence-corrected chi connectivity index (χ4v) is 2.57.